The van der Waals surface area contributed by atoms with Gasteiger partial charge in [-0.05, 0) is 12.8 Å². The lowest BCUT2D eigenvalue weighted by Crippen LogP contribution is -2.21. The number of hydrogen-bond donors (Lipinski definition) is 0. The second-order valence-corrected chi connectivity index (χ2v) is 18.7. The van der Waals surface area contributed by atoms with Crippen molar-refractivity contribution in [2.24, 2.45) is 4.74 Å². The second-order valence-electron chi connectivity index (χ2n) is 4.22. The first kappa shape index (κ1) is 20.4. The average Bonchev–Trinajstić information content (AvgIpc) is 2.25. The van der Waals surface area contributed by atoms with E-state index < -0.39 is 21.0 Å². The molecule has 0 amide bonds. The first-order valence-electron chi connectivity index (χ1n) is 5.59. The number of alkyl halides is 1. The molecule has 1 atom stereocenters. The van der Waals surface area contributed by atoms with Crippen LogP contribution in [0, 0.1) is 0 Å². The Bertz CT molecular complexity index is 332. The van der Waals surface area contributed by atoms with Gasteiger partial charge in [-0.2, -0.15) is 0 Å². The lowest BCUT2D eigenvalue weighted by atomic mass is 10.2. The molecule has 9 heteroatoms. The smallest absolute Gasteiger partial charge is 0.223 e. The van der Waals surface area contributed by atoms with Gasteiger partial charge in [0.1, 0.15) is 38.3 Å². The Labute approximate surface area is 140 Å². The summed E-state index contributed by atoms with van der Waals surface area (Å²) >= 11 is 37.6. The molecule has 1 unspecified atom stereocenters. The summed E-state index contributed by atoms with van der Waals surface area (Å²) in [6.45, 7) is 7.53. The molecule has 0 aromatic carbocycles. The normalized spacial score (nSPS) is 17.4. The summed E-state index contributed by atoms with van der Waals surface area (Å²) in [5, 5.41) is -3.62. The van der Waals surface area contributed by atoms with Gasteiger partial charge in [0.05, 0.1) is 0 Å². The summed E-state index contributed by atoms with van der Waals surface area (Å²) < 4.78 is 3.75. The standard InChI is InChI=1S/C9H18Cl6NP2/c1-5-8(4,17(11,12)13)16-18(14,15)9(10,6-2)7-3/h5-7H2,1-4H3/q+1. The van der Waals surface area contributed by atoms with Crippen molar-refractivity contribution in [1.82, 2.24) is 0 Å². The molecule has 0 fully saturated rings. The molecule has 0 N–H and O–H groups in total. The van der Waals surface area contributed by atoms with Crippen molar-refractivity contribution in [1.29, 1.82) is 0 Å². The van der Waals surface area contributed by atoms with Gasteiger partial charge in [0.15, 0.2) is 5.76 Å². The van der Waals surface area contributed by atoms with Crippen LogP contribution in [0.25, 0.3) is 0 Å². The molecule has 1 nitrogen and oxygen atoms in total. The van der Waals surface area contributed by atoms with Gasteiger partial charge in [-0.15, -0.1) is 11.6 Å². The third-order valence-corrected chi connectivity index (χ3v) is 14.5. The van der Waals surface area contributed by atoms with Gasteiger partial charge in [0, 0.05) is 13.3 Å². The predicted octanol–water partition coefficient (Wildman–Crippen LogP) is 8.86. The van der Waals surface area contributed by atoms with E-state index in [-0.39, 0.29) is 0 Å². The van der Waals surface area contributed by atoms with Crippen LogP contribution in [0.1, 0.15) is 47.0 Å². The van der Waals surface area contributed by atoms with Gasteiger partial charge in [-0.3, -0.25) is 0 Å². The van der Waals surface area contributed by atoms with E-state index in [9.17, 15) is 0 Å². The highest BCUT2D eigenvalue weighted by Gasteiger charge is 2.56. The zero-order valence-electron chi connectivity index (χ0n) is 10.7. The van der Waals surface area contributed by atoms with E-state index >= 15 is 0 Å². The van der Waals surface area contributed by atoms with E-state index in [1.54, 1.807) is 6.92 Å². The maximum absolute atomic E-state index is 6.49. The maximum Gasteiger partial charge on any atom is 0.334 e. The Morgan fingerprint density at radius 2 is 1.39 bits per heavy atom. The molecule has 0 aliphatic carbocycles. The molecule has 18 heavy (non-hydrogen) atoms. The van der Waals surface area contributed by atoms with Crippen LogP contribution < -0.4 is 0 Å². The largest absolute Gasteiger partial charge is 0.334 e. The summed E-state index contributed by atoms with van der Waals surface area (Å²) in [5.41, 5.74) is 0. The minimum absolute atomic E-state index is 0.554. The molecule has 0 heterocycles. The third-order valence-electron chi connectivity index (χ3n) is 3.12. The fraction of sp³-hybridized carbons (Fsp3) is 1.00. The first-order valence-corrected chi connectivity index (χ1v) is 14.0. The summed E-state index contributed by atoms with van der Waals surface area (Å²) in [4.78, 5) is 0. The fourth-order valence-corrected chi connectivity index (χ4v) is 8.93. The van der Waals surface area contributed by atoms with Crippen LogP contribution in [0.5, 0.6) is 0 Å². The van der Waals surface area contributed by atoms with Gasteiger partial charge in [-0.1, -0.05) is 43.3 Å². The predicted molar refractivity (Wildman–Crippen MR) is 93.4 cm³/mol. The van der Waals surface area contributed by atoms with Crippen LogP contribution in [0.4, 0.5) is 0 Å². The molecule has 0 saturated heterocycles. The molecule has 0 aromatic rings. The van der Waals surface area contributed by atoms with Crippen LogP contribution in [0.2, 0.25) is 0 Å². The lowest BCUT2D eigenvalue weighted by Gasteiger charge is -2.33. The van der Waals surface area contributed by atoms with Gasteiger partial charge in [0.2, 0.25) is 5.28 Å². The number of halogens is 6. The van der Waals surface area contributed by atoms with Crippen molar-refractivity contribution in [3.8, 4) is 0 Å². The van der Waals surface area contributed by atoms with E-state index in [2.05, 4.69) is 4.74 Å². The molecule has 0 aromatic heterocycles. The van der Waals surface area contributed by atoms with Crippen molar-refractivity contribution in [2.45, 2.75) is 56.9 Å². The van der Waals surface area contributed by atoms with Crippen LogP contribution in [-0.2, 0) is 0 Å². The monoisotopic (exact) mass is 412 g/mol. The molecular formula is C9H18Cl6NP2+. The molecule has 0 rings (SSSR count). The SMILES string of the molecule is CCC(Cl)(CC)P(Cl)(Cl)=NC(C)(CC)[P+](Cl)(Cl)Cl. The molecule has 110 valence electrons. The summed E-state index contributed by atoms with van der Waals surface area (Å²) in [6.07, 6.45) is 1.79. The van der Waals surface area contributed by atoms with E-state index in [0.29, 0.717) is 19.3 Å². The molecule has 0 bridgehead atoms. The van der Waals surface area contributed by atoms with Crippen molar-refractivity contribution in [2.75, 3.05) is 0 Å². The number of hydrogen-bond acceptors (Lipinski definition) is 1. The molecule has 0 radical (unpaired) electrons. The van der Waals surface area contributed by atoms with Crippen LogP contribution in [0.15, 0.2) is 4.74 Å². The van der Waals surface area contributed by atoms with E-state index in [1.165, 1.54) is 0 Å². The van der Waals surface area contributed by atoms with Crippen LogP contribution in [-0.4, -0.2) is 9.90 Å². The Kier molecular flexibility index (Phi) is 8.05. The number of nitrogens with zero attached hydrogens (tertiary/aromatic N) is 1. The third kappa shape index (κ3) is 4.45. The molecule has 0 aliphatic rings. The molecule has 0 aliphatic heterocycles. The van der Waals surface area contributed by atoms with Gasteiger partial charge >= 0.3 is 5.32 Å². The summed E-state index contributed by atoms with van der Waals surface area (Å²) in [6, 6.07) is 0. The minimum atomic E-state index is -2.79. The van der Waals surface area contributed by atoms with Gasteiger partial charge in [0.25, 0.3) is 0 Å². The van der Waals surface area contributed by atoms with Crippen LogP contribution >= 0.6 is 78.9 Å². The van der Waals surface area contributed by atoms with Gasteiger partial charge in [-0.25, -0.2) is 4.74 Å². The zero-order chi connectivity index (χ0) is 14.8. The van der Waals surface area contributed by atoms with Crippen molar-refractivity contribution in [3.05, 3.63) is 0 Å². The number of rotatable bonds is 6. The quantitative estimate of drug-likeness (QED) is 0.304. The Balaban J connectivity index is 5.78. The van der Waals surface area contributed by atoms with Gasteiger partial charge < -0.3 is 0 Å². The maximum atomic E-state index is 6.49. The highest BCUT2D eigenvalue weighted by molar-refractivity contribution is 8.33. The first-order chi connectivity index (χ1) is 7.89. The van der Waals surface area contributed by atoms with E-state index in [4.69, 9.17) is 67.8 Å². The fourth-order valence-electron chi connectivity index (χ4n) is 1.29. The molecule has 0 spiro atoms. The Morgan fingerprint density at radius 3 is 1.61 bits per heavy atom. The molecule has 0 saturated carbocycles. The Hall–Kier alpha value is 2.40. The summed E-state index contributed by atoms with van der Waals surface area (Å²) in [5.74, 6) is -2.79. The minimum Gasteiger partial charge on any atom is -0.223 e. The highest BCUT2D eigenvalue weighted by atomic mass is 36.1. The second kappa shape index (κ2) is 7.11. The highest BCUT2D eigenvalue weighted by Crippen LogP contribution is 2.86. The lowest BCUT2D eigenvalue weighted by molar-refractivity contribution is 0.646. The topological polar surface area (TPSA) is 12.4 Å². The van der Waals surface area contributed by atoms with E-state index in [1.807, 2.05) is 20.8 Å². The zero-order valence-corrected chi connectivity index (χ0v) is 17.1. The Morgan fingerprint density at radius 1 is 1.00 bits per heavy atom. The van der Waals surface area contributed by atoms with Crippen LogP contribution in [0.3, 0.4) is 0 Å². The average molecular weight is 415 g/mol. The van der Waals surface area contributed by atoms with E-state index in [0.717, 1.165) is 0 Å². The van der Waals surface area contributed by atoms with Crippen molar-refractivity contribution >= 4 is 78.9 Å². The van der Waals surface area contributed by atoms with Crippen molar-refractivity contribution < 1.29 is 0 Å². The summed E-state index contributed by atoms with van der Waals surface area (Å²) in [7, 11) is 0. The molecular weight excluding hydrogens is 397 g/mol. The van der Waals surface area contributed by atoms with Crippen molar-refractivity contribution in [3.63, 3.8) is 0 Å².